The standard InChI is InChI=1S/C14H20N2OS/c15-12-6-4-11(5-7-12)9-14(17)16-10-13-3-1-2-8-18-13/h4-7,13H,1-3,8-10,15H2,(H,16,17). The number of carbonyl (C=O) groups excluding carboxylic acids is 1. The summed E-state index contributed by atoms with van der Waals surface area (Å²) in [4.78, 5) is 11.8. The van der Waals surface area contributed by atoms with E-state index in [1.165, 1.54) is 25.0 Å². The molecule has 1 aliphatic heterocycles. The number of thioether (sulfide) groups is 1. The summed E-state index contributed by atoms with van der Waals surface area (Å²) in [6.45, 7) is 0.804. The van der Waals surface area contributed by atoms with Crippen molar-refractivity contribution in [2.45, 2.75) is 30.9 Å². The first-order valence-corrected chi connectivity index (χ1v) is 7.51. The van der Waals surface area contributed by atoms with Gasteiger partial charge in [0.1, 0.15) is 0 Å². The highest BCUT2D eigenvalue weighted by molar-refractivity contribution is 7.99. The van der Waals surface area contributed by atoms with Crippen LogP contribution >= 0.6 is 11.8 Å². The lowest BCUT2D eigenvalue weighted by Crippen LogP contribution is -2.32. The molecule has 1 aliphatic rings. The molecule has 0 saturated carbocycles. The van der Waals surface area contributed by atoms with Gasteiger partial charge in [-0.15, -0.1) is 0 Å². The van der Waals surface area contributed by atoms with Crippen LogP contribution in [-0.4, -0.2) is 23.5 Å². The van der Waals surface area contributed by atoms with Crippen molar-refractivity contribution in [3.8, 4) is 0 Å². The van der Waals surface area contributed by atoms with Crippen LogP contribution in [0.25, 0.3) is 0 Å². The maximum absolute atomic E-state index is 11.8. The molecule has 3 N–H and O–H groups in total. The molecule has 1 atom stereocenters. The molecule has 1 fully saturated rings. The number of nitrogen functional groups attached to an aromatic ring is 1. The molecule has 1 unspecified atom stereocenters. The molecule has 1 amide bonds. The third-order valence-electron chi connectivity index (χ3n) is 3.15. The second-order valence-corrected chi connectivity index (χ2v) is 6.12. The summed E-state index contributed by atoms with van der Waals surface area (Å²) in [5, 5.41) is 3.63. The number of hydrogen-bond donors (Lipinski definition) is 2. The lowest BCUT2D eigenvalue weighted by Gasteiger charge is -2.21. The van der Waals surface area contributed by atoms with E-state index in [-0.39, 0.29) is 5.91 Å². The zero-order valence-corrected chi connectivity index (χ0v) is 11.3. The molecular weight excluding hydrogens is 244 g/mol. The fourth-order valence-corrected chi connectivity index (χ4v) is 3.32. The monoisotopic (exact) mass is 264 g/mol. The highest BCUT2D eigenvalue weighted by Crippen LogP contribution is 2.24. The summed E-state index contributed by atoms with van der Waals surface area (Å²) in [6, 6.07) is 7.48. The fourth-order valence-electron chi connectivity index (χ4n) is 2.08. The summed E-state index contributed by atoms with van der Waals surface area (Å²) in [6.07, 6.45) is 4.29. The molecule has 1 heterocycles. The first kappa shape index (κ1) is 13.3. The van der Waals surface area contributed by atoms with Crippen molar-refractivity contribution in [1.82, 2.24) is 5.32 Å². The van der Waals surface area contributed by atoms with Crippen molar-refractivity contribution < 1.29 is 4.79 Å². The number of nitrogens with two attached hydrogens (primary N) is 1. The van der Waals surface area contributed by atoms with Gasteiger partial charge in [0, 0.05) is 17.5 Å². The molecule has 4 heteroatoms. The first-order valence-electron chi connectivity index (χ1n) is 6.47. The van der Waals surface area contributed by atoms with Gasteiger partial charge in [-0.2, -0.15) is 11.8 Å². The normalized spacial score (nSPS) is 19.4. The second-order valence-electron chi connectivity index (χ2n) is 4.71. The van der Waals surface area contributed by atoms with E-state index < -0.39 is 0 Å². The minimum absolute atomic E-state index is 0.103. The summed E-state index contributed by atoms with van der Waals surface area (Å²) in [7, 11) is 0. The lowest BCUT2D eigenvalue weighted by atomic mass is 10.1. The van der Waals surface area contributed by atoms with E-state index in [1.807, 2.05) is 36.0 Å². The third kappa shape index (κ3) is 4.26. The van der Waals surface area contributed by atoms with Gasteiger partial charge in [-0.1, -0.05) is 18.6 Å². The quantitative estimate of drug-likeness (QED) is 0.820. The lowest BCUT2D eigenvalue weighted by molar-refractivity contribution is -0.120. The van der Waals surface area contributed by atoms with Crippen molar-refractivity contribution in [3.05, 3.63) is 29.8 Å². The Balaban J connectivity index is 1.73. The number of nitrogens with one attached hydrogen (secondary N) is 1. The van der Waals surface area contributed by atoms with Gasteiger partial charge in [0.2, 0.25) is 5.91 Å². The zero-order chi connectivity index (χ0) is 12.8. The van der Waals surface area contributed by atoms with Gasteiger partial charge >= 0.3 is 0 Å². The fraction of sp³-hybridized carbons (Fsp3) is 0.500. The molecule has 0 aromatic heterocycles. The van der Waals surface area contributed by atoms with Crippen LogP contribution in [-0.2, 0) is 11.2 Å². The Hall–Kier alpha value is -1.16. The smallest absolute Gasteiger partial charge is 0.224 e. The largest absolute Gasteiger partial charge is 0.399 e. The third-order valence-corrected chi connectivity index (χ3v) is 4.54. The van der Waals surface area contributed by atoms with Gasteiger partial charge in [0.05, 0.1) is 6.42 Å². The Labute approximate surface area is 113 Å². The number of hydrogen-bond acceptors (Lipinski definition) is 3. The van der Waals surface area contributed by atoms with Crippen LogP contribution in [0, 0.1) is 0 Å². The number of anilines is 1. The highest BCUT2D eigenvalue weighted by Gasteiger charge is 2.14. The van der Waals surface area contributed by atoms with Gasteiger partial charge in [0.25, 0.3) is 0 Å². The average molecular weight is 264 g/mol. The Bertz CT molecular complexity index is 385. The maximum Gasteiger partial charge on any atom is 0.224 e. The van der Waals surface area contributed by atoms with Crippen LogP contribution in [0.3, 0.4) is 0 Å². The minimum Gasteiger partial charge on any atom is -0.399 e. The average Bonchev–Trinajstić information content (AvgIpc) is 2.40. The van der Waals surface area contributed by atoms with E-state index in [4.69, 9.17) is 5.73 Å². The summed E-state index contributed by atoms with van der Waals surface area (Å²) in [5.74, 6) is 1.34. The second kappa shape index (κ2) is 6.69. The van der Waals surface area contributed by atoms with Crippen LogP contribution < -0.4 is 11.1 Å². The molecule has 0 aliphatic carbocycles. The van der Waals surface area contributed by atoms with Crippen LogP contribution in [0.15, 0.2) is 24.3 Å². The van der Waals surface area contributed by atoms with Crippen molar-refractivity contribution in [3.63, 3.8) is 0 Å². The molecule has 0 bridgehead atoms. The number of carbonyl (C=O) groups is 1. The highest BCUT2D eigenvalue weighted by atomic mass is 32.2. The Morgan fingerprint density at radius 3 is 2.78 bits per heavy atom. The van der Waals surface area contributed by atoms with E-state index in [1.54, 1.807) is 0 Å². The van der Waals surface area contributed by atoms with E-state index in [2.05, 4.69) is 5.32 Å². The summed E-state index contributed by atoms with van der Waals surface area (Å²) < 4.78 is 0. The predicted molar refractivity (Wildman–Crippen MR) is 77.7 cm³/mol. The molecule has 1 aromatic carbocycles. The summed E-state index contributed by atoms with van der Waals surface area (Å²) in [5.41, 5.74) is 7.36. The molecule has 1 saturated heterocycles. The summed E-state index contributed by atoms with van der Waals surface area (Å²) >= 11 is 1.98. The van der Waals surface area contributed by atoms with Crippen molar-refractivity contribution in [2.24, 2.45) is 0 Å². The van der Waals surface area contributed by atoms with E-state index in [9.17, 15) is 4.79 Å². The first-order chi connectivity index (χ1) is 8.74. The van der Waals surface area contributed by atoms with Crippen LogP contribution in [0.1, 0.15) is 24.8 Å². The molecule has 3 nitrogen and oxygen atoms in total. The molecule has 0 spiro atoms. The Morgan fingerprint density at radius 1 is 1.33 bits per heavy atom. The predicted octanol–water partition coefficient (Wildman–Crippen LogP) is 2.21. The zero-order valence-electron chi connectivity index (χ0n) is 10.5. The van der Waals surface area contributed by atoms with Gasteiger partial charge in [-0.05, 0) is 36.3 Å². The van der Waals surface area contributed by atoms with Crippen molar-refractivity contribution >= 4 is 23.4 Å². The van der Waals surface area contributed by atoms with E-state index >= 15 is 0 Å². The maximum atomic E-state index is 11.8. The molecular formula is C14H20N2OS. The number of benzene rings is 1. The topological polar surface area (TPSA) is 55.1 Å². The van der Waals surface area contributed by atoms with Gasteiger partial charge in [-0.3, -0.25) is 4.79 Å². The van der Waals surface area contributed by atoms with E-state index in [0.29, 0.717) is 11.7 Å². The molecule has 0 radical (unpaired) electrons. The Kier molecular flexibility index (Phi) is 4.93. The Morgan fingerprint density at radius 2 is 2.11 bits per heavy atom. The number of rotatable bonds is 4. The van der Waals surface area contributed by atoms with Gasteiger partial charge in [0.15, 0.2) is 0 Å². The van der Waals surface area contributed by atoms with Crippen molar-refractivity contribution in [2.75, 3.05) is 18.0 Å². The molecule has 98 valence electrons. The van der Waals surface area contributed by atoms with Crippen molar-refractivity contribution in [1.29, 1.82) is 0 Å². The van der Waals surface area contributed by atoms with Crippen LogP contribution in [0.5, 0.6) is 0 Å². The van der Waals surface area contributed by atoms with Gasteiger partial charge < -0.3 is 11.1 Å². The SMILES string of the molecule is Nc1ccc(CC(=O)NCC2CCCCS2)cc1. The number of amides is 1. The van der Waals surface area contributed by atoms with E-state index in [0.717, 1.165) is 17.8 Å². The van der Waals surface area contributed by atoms with Crippen LogP contribution in [0.4, 0.5) is 5.69 Å². The molecule has 1 aromatic rings. The van der Waals surface area contributed by atoms with Gasteiger partial charge in [-0.25, -0.2) is 0 Å². The minimum atomic E-state index is 0.103. The van der Waals surface area contributed by atoms with Crippen LogP contribution in [0.2, 0.25) is 0 Å². The molecule has 2 rings (SSSR count). The molecule has 18 heavy (non-hydrogen) atoms.